The molecule has 86 valence electrons. The predicted molar refractivity (Wildman–Crippen MR) is 64.9 cm³/mol. The first-order valence-electron chi connectivity index (χ1n) is 6.13. The summed E-state index contributed by atoms with van der Waals surface area (Å²) in [7, 11) is 2.19. The number of benzene rings is 1. The molecule has 0 aliphatic carbocycles. The second kappa shape index (κ2) is 3.49. The maximum atomic E-state index is 6.20. The molecule has 2 heterocycles. The molecular formula is C14H19NO. The summed E-state index contributed by atoms with van der Waals surface area (Å²) >= 11 is 0. The first kappa shape index (κ1) is 10.2. The SMILES string of the molecule is CN1CCC2CC(C)(C1)Oc1ccccc12. The molecule has 0 radical (unpaired) electrons. The first-order chi connectivity index (χ1) is 7.66. The highest BCUT2D eigenvalue weighted by molar-refractivity contribution is 5.39. The topological polar surface area (TPSA) is 12.5 Å². The molecule has 0 spiro atoms. The highest BCUT2D eigenvalue weighted by atomic mass is 16.5. The van der Waals surface area contributed by atoms with E-state index in [0.717, 1.165) is 18.7 Å². The van der Waals surface area contributed by atoms with Crippen molar-refractivity contribution in [1.29, 1.82) is 0 Å². The minimum absolute atomic E-state index is 0.00424. The van der Waals surface area contributed by atoms with Crippen molar-refractivity contribution >= 4 is 0 Å². The van der Waals surface area contributed by atoms with E-state index in [0.29, 0.717) is 5.92 Å². The van der Waals surface area contributed by atoms with Crippen LogP contribution in [-0.4, -0.2) is 30.6 Å². The third kappa shape index (κ3) is 1.61. The molecule has 3 rings (SSSR count). The van der Waals surface area contributed by atoms with Crippen LogP contribution in [0.25, 0.3) is 0 Å². The van der Waals surface area contributed by atoms with Crippen molar-refractivity contribution in [3.63, 3.8) is 0 Å². The van der Waals surface area contributed by atoms with Gasteiger partial charge in [0.25, 0.3) is 0 Å². The van der Waals surface area contributed by atoms with Crippen LogP contribution in [0.4, 0.5) is 0 Å². The third-order valence-electron chi connectivity index (χ3n) is 3.86. The van der Waals surface area contributed by atoms with Gasteiger partial charge < -0.3 is 9.64 Å². The van der Waals surface area contributed by atoms with Crippen LogP contribution in [0.5, 0.6) is 5.75 Å². The monoisotopic (exact) mass is 217 g/mol. The quantitative estimate of drug-likeness (QED) is 0.662. The summed E-state index contributed by atoms with van der Waals surface area (Å²) < 4.78 is 6.20. The lowest BCUT2D eigenvalue weighted by atomic mass is 9.83. The van der Waals surface area contributed by atoms with Crippen molar-refractivity contribution in [1.82, 2.24) is 4.90 Å². The molecule has 1 aromatic rings. The van der Waals surface area contributed by atoms with E-state index in [4.69, 9.17) is 4.74 Å². The largest absolute Gasteiger partial charge is 0.486 e. The number of likely N-dealkylation sites (tertiary alicyclic amines) is 1. The second-order valence-electron chi connectivity index (χ2n) is 5.52. The first-order valence-corrected chi connectivity index (χ1v) is 6.13. The number of fused-ring (bicyclic) bond motifs is 4. The van der Waals surface area contributed by atoms with E-state index in [1.165, 1.54) is 18.5 Å². The van der Waals surface area contributed by atoms with Gasteiger partial charge in [-0.2, -0.15) is 0 Å². The summed E-state index contributed by atoms with van der Waals surface area (Å²) in [6.07, 6.45) is 2.42. The molecule has 2 bridgehead atoms. The molecule has 16 heavy (non-hydrogen) atoms. The highest BCUT2D eigenvalue weighted by Gasteiger charge is 2.39. The lowest BCUT2D eigenvalue weighted by Crippen LogP contribution is -2.44. The summed E-state index contributed by atoms with van der Waals surface area (Å²) in [5.74, 6) is 1.79. The average molecular weight is 217 g/mol. The molecule has 2 atom stereocenters. The van der Waals surface area contributed by atoms with E-state index in [9.17, 15) is 0 Å². The maximum Gasteiger partial charge on any atom is 0.123 e. The fourth-order valence-electron chi connectivity index (χ4n) is 3.23. The molecular weight excluding hydrogens is 198 g/mol. The van der Waals surface area contributed by atoms with Crippen LogP contribution >= 0.6 is 0 Å². The minimum Gasteiger partial charge on any atom is -0.486 e. The zero-order chi connectivity index (χ0) is 11.2. The zero-order valence-corrected chi connectivity index (χ0v) is 10.1. The van der Waals surface area contributed by atoms with Gasteiger partial charge in [0.2, 0.25) is 0 Å². The Bertz CT molecular complexity index is 403. The normalized spacial score (nSPS) is 33.8. The summed E-state index contributed by atoms with van der Waals surface area (Å²) in [5.41, 5.74) is 1.42. The minimum atomic E-state index is 0.00424. The molecule has 0 saturated carbocycles. The van der Waals surface area contributed by atoms with Crippen LogP contribution in [0.2, 0.25) is 0 Å². The van der Waals surface area contributed by atoms with E-state index in [1.807, 2.05) is 0 Å². The summed E-state index contributed by atoms with van der Waals surface area (Å²) in [6, 6.07) is 8.54. The second-order valence-corrected chi connectivity index (χ2v) is 5.52. The van der Waals surface area contributed by atoms with Gasteiger partial charge in [0, 0.05) is 6.54 Å². The predicted octanol–water partition coefficient (Wildman–Crippen LogP) is 2.65. The number of ether oxygens (including phenoxy) is 1. The Hall–Kier alpha value is -1.02. The Labute approximate surface area is 97.2 Å². The standard InChI is InChI=1S/C14H19NO/c1-14-9-11(7-8-15(2)10-14)12-5-3-4-6-13(12)16-14/h3-6,11H,7-10H2,1-2H3. The van der Waals surface area contributed by atoms with E-state index in [1.54, 1.807) is 0 Å². The Morgan fingerprint density at radius 3 is 3.06 bits per heavy atom. The van der Waals surface area contributed by atoms with Gasteiger partial charge in [-0.1, -0.05) is 18.2 Å². The Balaban J connectivity index is 2.03. The highest BCUT2D eigenvalue weighted by Crippen LogP contribution is 2.44. The summed E-state index contributed by atoms with van der Waals surface area (Å²) in [6.45, 7) is 4.47. The smallest absolute Gasteiger partial charge is 0.123 e. The van der Waals surface area contributed by atoms with Crippen LogP contribution in [0.15, 0.2) is 24.3 Å². The molecule has 1 fully saturated rings. The fraction of sp³-hybridized carbons (Fsp3) is 0.571. The van der Waals surface area contributed by atoms with E-state index in [-0.39, 0.29) is 5.60 Å². The molecule has 1 aromatic carbocycles. The fourth-order valence-corrected chi connectivity index (χ4v) is 3.23. The molecule has 0 amide bonds. The van der Waals surface area contributed by atoms with Gasteiger partial charge in [0.05, 0.1) is 0 Å². The van der Waals surface area contributed by atoms with Crippen molar-refractivity contribution in [2.75, 3.05) is 20.1 Å². The van der Waals surface area contributed by atoms with Gasteiger partial charge in [-0.3, -0.25) is 0 Å². The molecule has 2 heteroatoms. The number of nitrogens with zero attached hydrogens (tertiary/aromatic N) is 1. The van der Waals surface area contributed by atoms with Gasteiger partial charge >= 0.3 is 0 Å². The zero-order valence-electron chi connectivity index (χ0n) is 10.1. The maximum absolute atomic E-state index is 6.20. The lowest BCUT2D eigenvalue weighted by molar-refractivity contribution is 0.0399. The van der Waals surface area contributed by atoms with Gasteiger partial charge in [-0.25, -0.2) is 0 Å². The van der Waals surface area contributed by atoms with Crippen LogP contribution in [0.1, 0.15) is 31.2 Å². The lowest BCUT2D eigenvalue weighted by Gasteiger charge is -2.38. The summed E-state index contributed by atoms with van der Waals surface area (Å²) in [4.78, 5) is 2.39. The van der Waals surface area contributed by atoms with Gasteiger partial charge in [0.1, 0.15) is 11.4 Å². The molecule has 2 nitrogen and oxygen atoms in total. The van der Waals surface area contributed by atoms with Gasteiger partial charge in [-0.05, 0) is 50.9 Å². The van der Waals surface area contributed by atoms with Crippen molar-refractivity contribution in [2.24, 2.45) is 0 Å². The van der Waals surface area contributed by atoms with Crippen LogP contribution in [-0.2, 0) is 0 Å². The van der Waals surface area contributed by atoms with Gasteiger partial charge in [0.15, 0.2) is 0 Å². The van der Waals surface area contributed by atoms with E-state index >= 15 is 0 Å². The average Bonchev–Trinajstić information content (AvgIpc) is 2.35. The van der Waals surface area contributed by atoms with E-state index in [2.05, 4.69) is 43.1 Å². The van der Waals surface area contributed by atoms with Crippen LogP contribution in [0.3, 0.4) is 0 Å². The number of hydrogen-bond acceptors (Lipinski definition) is 2. The summed E-state index contributed by atoms with van der Waals surface area (Å²) in [5, 5.41) is 0. The molecule has 2 unspecified atom stereocenters. The number of rotatable bonds is 0. The molecule has 2 aliphatic rings. The van der Waals surface area contributed by atoms with E-state index < -0.39 is 0 Å². The van der Waals surface area contributed by atoms with Crippen molar-refractivity contribution in [3.8, 4) is 5.75 Å². The van der Waals surface area contributed by atoms with Crippen LogP contribution in [0, 0.1) is 0 Å². The Morgan fingerprint density at radius 1 is 1.38 bits per heavy atom. The number of likely N-dealkylation sites (N-methyl/N-ethyl adjacent to an activating group) is 1. The third-order valence-corrected chi connectivity index (χ3v) is 3.86. The number of hydrogen-bond donors (Lipinski definition) is 0. The van der Waals surface area contributed by atoms with Crippen LogP contribution < -0.4 is 4.74 Å². The Kier molecular flexibility index (Phi) is 2.21. The Morgan fingerprint density at radius 2 is 2.19 bits per heavy atom. The molecule has 0 N–H and O–H groups in total. The van der Waals surface area contributed by atoms with Gasteiger partial charge in [-0.15, -0.1) is 0 Å². The van der Waals surface area contributed by atoms with Crippen molar-refractivity contribution < 1.29 is 4.74 Å². The number of para-hydroxylation sites is 1. The van der Waals surface area contributed by atoms with Crippen molar-refractivity contribution in [3.05, 3.63) is 29.8 Å². The van der Waals surface area contributed by atoms with Crippen molar-refractivity contribution in [2.45, 2.75) is 31.3 Å². The molecule has 2 aliphatic heterocycles. The molecule has 0 aromatic heterocycles. The molecule has 1 saturated heterocycles.